The minimum atomic E-state index is -0.851. The molecule has 0 fully saturated rings. The summed E-state index contributed by atoms with van der Waals surface area (Å²) in [6.07, 6.45) is 2.91. The first kappa shape index (κ1) is 18.3. The molecule has 0 saturated heterocycles. The normalized spacial score (nSPS) is 10.3. The monoisotopic (exact) mass is 369 g/mol. The van der Waals surface area contributed by atoms with Gasteiger partial charge >= 0.3 is 0 Å². The number of rotatable bonds is 6. The van der Waals surface area contributed by atoms with Crippen molar-refractivity contribution in [2.24, 2.45) is 0 Å². The fourth-order valence-electron chi connectivity index (χ4n) is 2.42. The van der Waals surface area contributed by atoms with Crippen molar-refractivity contribution in [2.75, 3.05) is 17.2 Å². The highest BCUT2D eigenvalue weighted by Gasteiger charge is 2.12. The molecule has 5 nitrogen and oxygen atoms in total. The van der Waals surface area contributed by atoms with E-state index in [0.29, 0.717) is 24.1 Å². The summed E-state index contributed by atoms with van der Waals surface area (Å²) < 4.78 is 32.2. The molecule has 0 aliphatic carbocycles. The van der Waals surface area contributed by atoms with Crippen LogP contribution in [0.5, 0.6) is 5.75 Å². The smallest absolute Gasteiger partial charge is 0.257 e. The summed E-state index contributed by atoms with van der Waals surface area (Å²) in [5, 5.41) is 5.55. The van der Waals surface area contributed by atoms with Crippen LogP contribution in [0, 0.1) is 11.6 Å². The first-order valence-electron chi connectivity index (χ1n) is 8.27. The van der Waals surface area contributed by atoms with Gasteiger partial charge < -0.3 is 15.4 Å². The lowest BCUT2D eigenvalue weighted by Gasteiger charge is -2.13. The average molecular weight is 369 g/mol. The van der Waals surface area contributed by atoms with Crippen molar-refractivity contribution in [2.45, 2.75) is 6.92 Å². The zero-order valence-electron chi connectivity index (χ0n) is 14.5. The van der Waals surface area contributed by atoms with E-state index in [9.17, 15) is 13.6 Å². The van der Waals surface area contributed by atoms with Crippen molar-refractivity contribution < 1.29 is 18.3 Å². The number of aromatic nitrogens is 1. The number of hydrogen-bond donors (Lipinski definition) is 2. The Bertz CT molecular complexity index is 963. The molecule has 0 spiro atoms. The summed E-state index contributed by atoms with van der Waals surface area (Å²) in [4.78, 5) is 16.4. The molecular weight excluding hydrogens is 352 g/mol. The predicted octanol–water partition coefficient (Wildman–Crippen LogP) is 4.75. The van der Waals surface area contributed by atoms with Crippen molar-refractivity contribution in [1.29, 1.82) is 0 Å². The second-order valence-electron chi connectivity index (χ2n) is 5.59. The molecule has 3 rings (SSSR count). The molecule has 0 radical (unpaired) electrons. The molecule has 2 N–H and O–H groups in total. The maximum atomic E-state index is 13.7. The third-order valence-electron chi connectivity index (χ3n) is 3.65. The Hall–Kier alpha value is -3.48. The van der Waals surface area contributed by atoms with E-state index >= 15 is 0 Å². The van der Waals surface area contributed by atoms with E-state index < -0.39 is 17.5 Å². The van der Waals surface area contributed by atoms with Crippen LogP contribution < -0.4 is 15.4 Å². The molecule has 27 heavy (non-hydrogen) atoms. The Labute approximate surface area is 155 Å². The van der Waals surface area contributed by atoms with E-state index in [2.05, 4.69) is 15.6 Å². The maximum Gasteiger partial charge on any atom is 0.257 e. The van der Waals surface area contributed by atoms with Gasteiger partial charge in [0.25, 0.3) is 5.91 Å². The quantitative estimate of drug-likeness (QED) is 0.658. The molecule has 0 atom stereocenters. The Morgan fingerprint density at radius 1 is 1.07 bits per heavy atom. The summed E-state index contributed by atoms with van der Waals surface area (Å²) in [5.74, 6) is -1.46. The number of anilines is 3. The van der Waals surface area contributed by atoms with Gasteiger partial charge in [-0.05, 0) is 37.3 Å². The van der Waals surface area contributed by atoms with E-state index in [1.807, 2.05) is 31.2 Å². The SMILES string of the molecule is CCOc1ccccc1Nc1cncc(C(=O)Nc2ccc(F)cc2F)c1. The predicted molar refractivity (Wildman–Crippen MR) is 99.4 cm³/mol. The molecule has 1 amide bonds. The van der Waals surface area contributed by atoms with Gasteiger partial charge in [0.05, 0.1) is 35.4 Å². The molecule has 138 valence electrons. The van der Waals surface area contributed by atoms with Gasteiger partial charge in [-0.15, -0.1) is 0 Å². The Morgan fingerprint density at radius 3 is 2.67 bits per heavy atom. The lowest BCUT2D eigenvalue weighted by atomic mass is 10.2. The standard InChI is InChI=1S/C20H17F2N3O2/c1-2-27-19-6-4-3-5-18(19)24-15-9-13(11-23-12-15)20(26)25-17-8-7-14(21)10-16(17)22/h3-12,24H,2H2,1H3,(H,25,26). The van der Waals surface area contributed by atoms with Crippen LogP contribution in [0.1, 0.15) is 17.3 Å². The number of nitrogens with zero attached hydrogens (tertiary/aromatic N) is 1. The van der Waals surface area contributed by atoms with Crippen LogP contribution in [-0.2, 0) is 0 Å². The van der Waals surface area contributed by atoms with Gasteiger partial charge in [-0.1, -0.05) is 12.1 Å². The van der Waals surface area contributed by atoms with Crippen molar-refractivity contribution in [3.63, 3.8) is 0 Å². The third kappa shape index (κ3) is 4.58. The second kappa shape index (κ2) is 8.27. The number of hydrogen-bond acceptors (Lipinski definition) is 4. The molecule has 3 aromatic rings. The first-order chi connectivity index (χ1) is 13.1. The zero-order chi connectivity index (χ0) is 19.2. The van der Waals surface area contributed by atoms with E-state index in [4.69, 9.17) is 4.74 Å². The Balaban J connectivity index is 1.78. The highest BCUT2D eigenvalue weighted by Crippen LogP contribution is 2.27. The average Bonchev–Trinajstić information content (AvgIpc) is 2.66. The number of pyridine rings is 1. The van der Waals surface area contributed by atoms with E-state index in [0.717, 1.165) is 17.8 Å². The second-order valence-corrected chi connectivity index (χ2v) is 5.59. The fraction of sp³-hybridized carbons (Fsp3) is 0.100. The van der Waals surface area contributed by atoms with Crippen LogP contribution >= 0.6 is 0 Å². The zero-order valence-corrected chi connectivity index (χ0v) is 14.5. The van der Waals surface area contributed by atoms with Crippen molar-refractivity contribution in [3.05, 3.63) is 78.1 Å². The number of carbonyl (C=O) groups is 1. The van der Waals surface area contributed by atoms with Gasteiger partial charge in [-0.3, -0.25) is 9.78 Å². The Morgan fingerprint density at radius 2 is 1.89 bits per heavy atom. The van der Waals surface area contributed by atoms with Gasteiger partial charge in [0.1, 0.15) is 17.4 Å². The van der Waals surface area contributed by atoms with Crippen molar-refractivity contribution in [1.82, 2.24) is 4.98 Å². The van der Waals surface area contributed by atoms with Gasteiger partial charge in [-0.2, -0.15) is 0 Å². The van der Waals surface area contributed by atoms with Crippen LogP contribution in [0.4, 0.5) is 25.8 Å². The van der Waals surface area contributed by atoms with Gasteiger partial charge in [-0.25, -0.2) is 8.78 Å². The lowest BCUT2D eigenvalue weighted by molar-refractivity contribution is 0.102. The molecule has 1 aromatic heterocycles. The summed E-state index contributed by atoms with van der Waals surface area (Å²) in [6.45, 7) is 2.40. The number of ether oxygens (including phenoxy) is 1. The van der Waals surface area contributed by atoms with Crippen LogP contribution in [0.3, 0.4) is 0 Å². The minimum absolute atomic E-state index is 0.110. The molecular formula is C20H17F2N3O2. The lowest BCUT2D eigenvalue weighted by Crippen LogP contribution is -2.13. The topological polar surface area (TPSA) is 63.2 Å². The van der Waals surface area contributed by atoms with Crippen LogP contribution in [0.15, 0.2) is 60.9 Å². The fourth-order valence-corrected chi connectivity index (χ4v) is 2.42. The van der Waals surface area contributed by atoms with E-state index in [1.54, 1.807) is 12.3 Å². The molecule has 0 aliphatic rings. The van der Waals surface area contributed by atoms with Crippen LogP contribution in [0.2, 0.25) is 0 Å². The van der Waals surface area contributed by atoms with E-state index in [1.165, 1.54) is 6.20 Å². The summed E-state index contributed by atoms with van der Waals surface area (Å²) in [5.41, 5.74) is 1.40. The van der Waals surface area contributed by atoms with Crippen molar-refractivity contribution in [3.8, 4) is 5.75 Å². The number of amides is 1. The number of benzene rings is 2. The van der Waals surface area contributed by atoms with E-state index in [-0.39, 0.29) is 11.3 Å². The molecule has 1 heterocycles. The maximum absolute atomic E-state index is 13.7. The minimum Gasteiger partial charge on any atom is -0.492 e. The molecule has 0 saturated carbocycles. The van der Waals surface area contributed by atoms with Gasteiger partial charge in [0.2, 0.25) is 0 Å². The third-order valence-corrected chi connectivity index (χ3v) is 3.65. The number of para-hydroxylation sites is 2. The molecule has 0 aliphatic heterocycles. The highest BCUT2D eigenvalue weighted by molar-refractivity contribution is 6.04. The number of halogens is 2. The highest BCUT2D eigenvalue weighted by atomic mass is 19.1. The molecule has 2 aromatic carbocycles. The largest absolute Gasteiger partial charge is 0.492 e. The Kier molecular flexibility index (Phi) is 5.61. The van der Waals surface area contributed by atoms with Crippen LogP contribution in [0.25, 0.3) is 0 Å². The molecule has 0 bridgehead atoms. The summed E-state index contributed by atoms with van der Waals surface area (Å²) >= 11 is 0. The van der Waals surface area contributed by atoms with Crippen molar-refractivity contribution >= 4 is 23.0 Å². The summed E-state index contributed by atoms with van der Waals surface area (Å²) in [6, 6.07) is 11.9. The van der Waals surface area contributed by atoms with Crippen LogP contribution in [-0.4, -0.2) is 17.5 Å². The number of nitrogens with one attached hydrogen (secondary N) is 2. The molecule has 7 heteroatoms. The van der Waals surface area contributed by atoms with Gasteiger partial charge in [0.15, 0.2) is 0 Å². The summed E-state index contributed by atoms with van der Waals surface area (Å²) in [7, 11) is 0. The number of carbonyl (C=O) groups excluding carboxylic acids is 1. The molecule has 0 unspecified atom stereocenters. The first-order valence-corrected chi connectivity index (χ1v) is 8.27. The van der Waals surface area contributed by atoms with Gasteiger partial charge in [0, 0.05) is 12.3 Å².